The number of carbonyl (C=O) groups excluding carboxylic acids is 2. The highest BCUT2D eigenvalue weighted by Gasteiger charge is 2.05. The van der Waals surface area contributed by atoms with Crippen molar-refractivity contribution in [1.29, 1.82) is 0 Å². The van der Waals surface area contributed by atoms with E-state index >= 15 is 0 Å². The Morgan fingerprint density at radius 3 is 2.06 bits per heavy atom. The maximum Gasteiger partial charge on any atom is 0.146 e. The number of nitrogens with zero attached hydrogens (tertiary/aromatic N) is 2. The Bertz CT molecular complexity index is 1540. The molecule has 2 atom stereocenters. The van der Waals surface area contributed by atoms with E-state index in [2.05, 4.69) is 56.0 Å². The zero-order chi connectivity index (χ0) is 23.3. The summed E-state index contributed by atoms with van der Waals surface area (Å²) in [5, 5.41) is 0. The summed E-state index contributed by atoms with van der Waals surface area (Å²) in [5.41, 5.74) is 9.03. The lowest BCUT2D eigenvalue weighted by atomic mass is 10.0. The number of hydrogen-bond acceptors (Lipinski definition) is 4. The van der Waals surface area contributed by atoms with Crippen LogP contribution in [0.5, 0.6) is 0 Å². The zero-order valence-electron chi connectivity index (χ0n) is 17.8. The number of fused-ring (bicyclic) bond motifs is 1. The summed E-state index contributed by atoms with van der Waals surface area (Å²) in [7, 11) is 0.0652. The second-order valence-electron chi connectivity index (χ2n) is 7.39. The van der Waals surface area contributed by atoms with Gasteiger partial charge in [0.2, 0.25) is 0 Å². The van der Waals surface area contributed by atoms with Gasteiger partial charge in [0.25, 0.3) is 0 Å². The number of aromatic amines is 2. The Labute approximate surface area is 199 Å². The molecule has 0 bridgehead atoms. The summed E-state index contributed by atoms with van der Waals surface area (Å²) in [6, 6.07) is 23.9. The number of carbonyl (C=O) groups is 2. The molecule has 5 aromatic rings. The minimum absolute atomic E-state index is 0.0258. The summed E-state index contributed by atoms with van der Waals surface area (Å²) >= 11 is 0. The molecule has 5 rings (SSSR count). The number of rotatable bonds is 6. The molecule has 0 aliphatic carbocycles. The lowest BCUT2D eigenvalue weighted by Crippen LogP contribution is -1.97. The van der Waals surface area contributed by atoms with E-state index in [4.69, 9.17) is 0 Å². The summed E-state index contributed by atoms with van der Waals surface area (Å²) in [4.78, 5) is 36.3. The first kappa shape index (κ1) is 21.9. The van der Waals surface area contributed by atoms with Crippen molar-refractivity contribution >= 4 is 51.4 Å². The van der Waals surface area contributed by atoms with Crippen LogP contribution in [-0.4, -0.2) is 32.0 Å². The Kier molecular flexibility index (Phi) is 6.40. The molecule has 2 N–H and O–H groups in total. The van der Waals surface area contributed by atoms with Gasteiger partial charge in [-0.05, 0) is 47.0 Å². The Morgan fingerprint density at radius 2 is 1.32 bits per heavy atom. The van der Waals surface area contributed by atoms with Crippen molar-refractivity contribution in [2.75, 3.05) is 0 Å². The molecule has 0 aliphatic heterocycles. The third-order valence-electron chi connectivity index (χ3n) is 5.21. The van der Waals surface area contributed by atoms with E-state index in [9.17, 15) is 9.59 Å². The predicted octanol–water partition coefficient (Wildman–Crippen LogP) is 4.01. The maximum absolute atomic E-state index is 10.7. The molecule has 0 aliphatic rings. The number of aromatic nitrogens is 4. The van der Waals surface area contributed by atoms with Gasteiger partial charge in [-0.25, -0.2) is 9.97 Å². The van der Waals surface area contributed by atoms with Crippen molar-refractivity contribution in [3.05, 3.63) is 84.1 Å². The van der Waals surface area contributed by atoms with Gasteiger partial charge in [-0.1, -0.05) is 48.2 Å². The summed E-state index contributed by atoms with van der Waals surface area (Å²) < 4.78 is 0. The van der Waals surface area contributed by atoms with Crippen LogP contribution in [0.1, 0.15) is 11.1 Å². The molecule has 2 aromatic heterocycles. The van der Waals surface area contributed by atoms with Crippen molar-refractivity contribution in [1.82, 2.24) is 19.9 Å². The average molecular weight is 480 g/mol. The molecule has 2 heterocycles. The molecule has 3 aromatic carbocycles. The van der Waals surface area contributed by atoms with E-state index in [-0.39, 0.29) is 17.2 Å². The van der Waals surface area contributed by atoms with Gasteiger partial charge in [-0.2, -0.15) is 0 Å². The molecule has 164 valence electrons. The molecular formula is C26H18N4O2P2. The number of benzene rings is 3. The molecule has 0 amide bonds. The van der Waals surface area contributed by atoms with E-state index < -0.39 is 0 Å². The fourth-order valence-electron chi connectivity index (χ4n) is 3.54. The molecule has 6 nitrogen and oxygen atoms in total. The molecule has 0 fully saturated rings. The van der Waals surface area contributed by atoms with Crippen molar-refractivity contribution in [3.8, 4) is 34.2 Å². The van der Waals surface area contributed by atoms with Gasteiger partial charge in [-0.15, -0.1) is 0 Å². The zero-order valence-corrected chi connectivity index (χ0v) is 19.8. The summed E-state index contributed by atoms with van der Waals surface area (Å²) in [6.45, 7) is 0. The van der Waals surface area contributed by atoms with Crippen LogP contribution >= 0.6 is 17.2 Å². The van der Waals surface area contributed by atoms with Crippen LogP contribution in [0.4, 0.5) is 0 Å². The number of nitrogens with one attached hydrogen (secondary N) is 2. The summed E-state index contributed by atoms with van der Waals surface area (Å²) in [5.74, 6) is 6.40. The molecule has 0 radical (unpaired) electrons. The van der Waals surface area contributed by atoms with E-state index in [1.807, 2.05) is 42.5 Å². The van der Waals surface area contributed by atoms with Gasteiger partial charge >= 0.3 is 0 Å². The van der Waals surface area contributed by atoms with E-state index in [1.54, 1.807) is 6.20 Å². The van der Waals surface area contributed by atoms with Crippen LogP contribution in [-0.2, 0) is 9.59 Å². The molecule has 0 spiro atoms. The predicted molar refractivity (Wildman–Crippen MR) is 141 cm³/mol. The highest BCUT2D eigenvalue weighted by atomic mass is 31.1. The molecule has 0 saturated heterocycles. The first-order chi connectivity index (χ1) is 16.7. The first-order valence-electron chi connectivity index (χ1n) is 10.4. The molecule has 34 heavy (non-hydrogen) atoms. The molecule has 8 heteroatoms. The van der Waals surface area contributed by atoms with Gasteiger partial charge in [0, 0.05) is 28.3 Å². The molecular weight excluding hydrogens is 462 g/mol. The van der Waals surface area contributed by atoms with Gasteiger partial charge < -0.3 is 9.97 Å². The fraction of sp³-hybridized carbons (Fsp3) is 0. The quantitative estimate of drug-likeness (QED) is 0.218. The highest BCUT2D eigenvalue weighted by molar-refractivity contribution is 7.62. The monoisotopic (exact) mass is 480 g/mol. The third kappa shape index (κ3) is 4.87. The minimum atomic E-state index is 0.0258. The number of hydrogen-bond donors (Lipinski definition) is 2. The molecule has 0 saturated carbocycles. The van der Waals surface area contributed by atoms with Gasteiger partial charge in [-0.3, -0.25) is 9.59 Å². The first-order valence-corrected chi connectivity index (χ1v) is 12.6. The van der Waals surface area contributed by atoms with Crippen molar-refractivity contribution in [3.63, 3.8) is 0 Å². The third-order valence-corrected chi connectivity index (χ3v) is 6.49. The summed E-state index contributed by atoms with van der Waals surface area (Å²) in [6.07, 6.45) is 1.75. The largest absolute Gasteiger partial charge is 0.338 e. The van der Waals surface area contributed by atoms with Crippen LogP contribution in [0.2, 0.25) is 0 Å². The average Bonchev–Trinajstić information content (AvgIpc) is 3.50. The minimum Gasteiger partial charge on any atom is -0.338 e. The second-order valence-corrected chi connectivity index (χ2v) is 9.39. The van der Waals surface area contributed by atoms with Gasteiger partial charge in [0.15, 0.2) is 0 Å². The van der Waals surface area contributed by atoms with Crippen molar-refractivity contribution in [2.24, 2.45) is 0 Å². The van der Waals surface area contributed by atoms with Gasteiger partial charge in [0.05, 0.1) is 22.9 Å². The van der Waals surface area contributed by atoms with Crippen molar-refractivity contribution < 1.29 is 9.59 Å². The van der Waals surface area contributed by atoms with Crippen LogP contribution in [0.3, 0.4) is 0 Å². The Morgan fingerprint density at radius 1 is 0.706 bits per heavy atom. The van der Waals surface area contributed by atoms with Crippen LogP contribution in [0.15, 0.2) is 72.9 Å². The van der Waals surface area contributed by atoms with Gasteiger partial charge in [0.1, 0.15) is 23.2 Å². The van der Waals surface area contributed by atoms with Crippen LogP contribution in [0.25, 0.3) is 33.4 Å². The Hall–Kier alpha value is -3.90. The molecule has 2 unspecified atom stereocenters. The van der Waals surface area contributed by atoms with Crippen LogP contribution in [0, 0.1) is 11.8 Å². The second kappa shape index (κ2) is 9.93. The highest BCUT2D eigenvalue weighted by Crippen LogP contribution is 2.24. The lowest BCUT2D eigenvalue weighted by molar-refractivity contribution is 0.569. The van der Waals surface area contributed by atoms with E-state index in [0.717, 1.165) is 56.6 Å². The fourth-order valence-corrected chi connectivity index (χ4v) is 4.50. The lowest BCUT2D eigenvalue weighted by Gasteiger charge is -2.04. The topological polar surface area (TPSA) is 91.5 Å². The van der Waals surface area contributed by atoms with E-state index in [0.29, 0.717) is 11.1 Å². The smallest absolute Gasteiger partial charge is 0.146 e. The standard InChI is InChI=1S/C26H18N4O2P2/c31-15-33-25-27-14-24(30-25)21-10-8-20(9-11-21)19-6-3-17(4-7-19)1-2-18-5-12-22-23(13-18)29-26(28-22)34-16-32/h3-16,33-34H,(H,27,30)(H,28,29). The number of H-pyrrole nitrogens is 2. The van der Waals surface area contributed by atoms with E-state index in [1.165, 1.54) is 0 Å². The normalized spacial score (nSPS) is 11.3. The SMILES string of the molecule is O=CPc1ncc(-c2ccc(-c3ccc(C#Cc4ccc5nc(PC=O)[nH]c5c4)cc3)cc2)[nH]1. The van der Waals surface area contributed by atoms with Crippen molar-refractivity contribution in [2.45, 2.75) is 0 Å². The van der Waals surface area contributed by atoms with Crippen LogP contribution < -0.4 is 11.1 Å². The maximum atomic E-state index is 10.7. The Balaban J connectivity index is 1.30. The number of imidazole rings is 2.